The fraction of sp³-hybridized carbons (Fsp3) is 0.882. The molecule has 122 valence electrons. The highest BCUT2D eigenvalue weighted by Crippen LogP contribution is 2.10. The van der Waals surface area contributed by atoms with E-state index in [0.29, 0.717) is 44.3 Å². The number of hydrogen-bond donors (Lipinski definition) is 0. The van der Waals surface area contributed by atoms with Crippen LogP contribution in [0.5, 0.6) is 0 Å². The third kappa shape index (κ3) is 7.60. The van der Waals surface area contributed by atoms with E-state index in [4.69, 9.17) is 0 Å². The summed E-state index contributed by atoms with van der Waals surface area (Å²) >= 11 is 0. The van der Waals surface area contributed by atoms with E-state index >= 15 is 0 Å². The van der Waals surface area contributed by atoms with Crippen LogP contribution < -0.4 is 0 Å². The molecule has 0 bridgehead atoms. The molecule has 0 aromatic carbocycles. The van der Waals surface area contributed by atoms with Crippen LogP contribution in [0.3, 0.4) is 0 Å². The summed E-state index contributed by atoms with van der Waals surface area (Å²) in [6.07, 6.45) is 3.32. The minimum absolute atomic E-state index is 0.190. The Hall–Kier alpha value is -0.900. The number of carbonyl (C=O) groups excluding carboxylic acids is 2. The van der Waals surface area contributed by atoms with Gasteiger partial charge in [-0.15, -0.1) is 0 Å². The molecule has 0 aliphatic carbocycles. The molecule has 1 aliphatic heterocycles. The highest BCUT2D eigenvalue weighted by atomic mass is 16.2. The number of ketones is 1. The Labute approximate surface area is 129 Å². The van der Waals surface area contributed by atoms with Crippen LogP contribution in [0.25, 0.3) is 0 Å². The van der Waals surface area contributed by atoms with Gasteiger partial charge in [0.2, 0.25) is 5.91 Å². The van der Waals surface area contributed by atoms with Gasteiger partial charge in [0.1, 0.15) is 5.78 Å². The van der Waals surface area contributed by atoms with Gasteiger partial charge in [0.05, 0.1) is 6.54 Å². The van der Waals surface area contributed by atoms with Crippen molar-refractivity contribution in [2.75, 3.05) is 32.7 Å². The van der Waals surface area contributed by atoms with E-state index in [2.05, 4.69) is 32.6 Å². The Morgan fingerprint density at radius 1 is 1.05 bits per heavy atom. The summed E-state index contributed by atoms with van der Waals surface area (Å²) in [7, 11) is 0. The largest absolute Gasteiger partial charge is 0.341 e. The van der Waals surface area contributed by atoms with Crippen LogP contribution >= 0.6 is 0 Å². The van der Waals surface area contributed by atoms with Crippen LogP contribution in [0.1, 0.15) is 53.4 Å². The molecule has 0 spiro atoms. The predicted molar refractivity (Wildman–Crippen MR) is 86.2 cm³/mol. The number of hydrogen-bond acceptors (Lipinski definition) is 3. The van der Waals surface area contributed by atoms with E-state index in [1.807, 2.05) is 4.90 Å². The van der Waals surface area contributed by atoms with E-state index in [1.165, 1.54) is 0 Å². The van der Waals surface area contributed by atoms with Crippen molar-refractivity contribution in [3.8, 4) is 0 Å². The zero-order valence-corrected chi connectivity index (χ0v) is 14.2. The van der Waals surface area contributed by atoms with Crippen molar-refractivity contribution < 1.29 is 9.59 Å². The maximum absolute atomic E-state index is 12.4. The fourth-order valence-electron chi connectivity index (χ4n) is 2.45. The Bertz CT molecular complexity index is 318. The first-order chi connectivity index (χ1) is 9.88. The van der Waals surface area contributed by atoms with Crippen molar-refractivity contribution >= 4 is 11.7 Å². The molecule has 4 heteroatoms. The molecular formula is C17H32N2O2. The Kier molecular flexibility index (Phi) is 7.94. The van der Waals surface area contributed by atoms with Crippen LogP contribution in [0.2, 0.25) is 0 Å². The minimum Gasteiger partial charge on any atom is -0.341 e. The van der Waals surface area contributed by atoms with Crippen LogP contribution in [0, 0.1) is 11.8 Å². The van der Waals surface area contributed by atoms with Gasteiger partial charge in [-0.1, -0.05) is 27.7 Å². The van der Waals surface area contributed by atoms with Crippen LogP contribution in [0.15, 0.2) is 0 Å². The molecule has 0 atom stereocenters. The molecule has 21 heavy (non-hydrogen) atoms. The standard InChI is InChI=1S/C17H32N2O2/c1-14(2)5-9-18(10-6-15(3)4)13-17(21)19-11-7-16(20)8-12-19/h14-15H,5-13H2,1-4H3. The number of amides is 1. The van der Waals surface area contributed by atoms with E-state index in [0.717, 1.165) is 25.9 Å². The average Bonchev–Trinajstić information content (AvgIpc) is 2.42. The third-order valence-electron chi connectivity index (χ3n) is 4.08. The van der Waals surface area contributed by atoms with Gasteiger partial charge in [-0.3, -0.25) is 14.5 Å². The zero-order valence-electron chi connectivity index (χ0n) is 14.2. The molecule has 0 aromatic heterocycles. The lowest BCUT2D eigenvalue weighted by Crippen LogP contribution is -2.45. The summed E-state index contributed by atoms with van der Waals surface area (Å²) in [6, 6.07) is 0. The first-order valence-electron chi connectivity index (χ1n) is 8.40. The first kappa shape index (κ1) is 18.1. The number of carbonyl (C=O) groups is 2. The first-order valence-corrected chi connectivity index (χ1v) is 8.40. The van der Waals surface area contributed by atoms with Gasteiger partial charge in [0.25, 0.3) is 0 Å². The molecule has 0 saturated carbocycles. The summed E-state index contributed by atoms with van der Waals surface area (Å²) in [5.41, 5.74) is 0. The number of Topliss-reactive ketones (excluding diaryl/α,β-unsaturated/α-hetero) is 1. The smallest absolute Gasteiger partial charge is 0.236 e. The molecule has 1 saturated heterocycles. The SMILES string of the molecule is CC(C)CCN(CCC(C)C)CC(=O)N1CCC(=O)CC1. The number of piperidine rings is 1. The van der Waals surface area contributed by atoms with Gasteiger partial charge in [0, 0.05) is 25.9 Å². The molecule has 1 fully saturated rings. The molecule has 1 heterocycles. The molecular weight excluding hydrogens is 264 g/mol. The molecule has 0 radical (unpaired) electrons. The minimum atomic E-state index is 0.190. The van der Waals surface area contributed by atoms with Crippen LogP contribution in [-0.2, 0) is 9.59 Å². The molecule has 1 aliphatic rings. The van der Waals surface area contributed by atoms with Crippen LogP contribution in [0.4, 0.5) is 0 Å². The maximum atomic E-state index is 12.4. The Morgan fingerprint density at radius 3 is 1.95 bits per heavy atom. The van der Waals surface area contributed by atoms with Gasteiger partial charge < -0.3 is 4.90 Å². The summed E-state index contributed by atoms with van der Waals surface area (Å²) in [6.45, 7) is 12.6. The number of nitrogens with zero attached hydrogens (tertiary/aromatic N) is 2. The molecule has 4 nitrogen and oxygen atoms in total. The fourth-order valence-corrected chi connectivity index (χ4v) is 2.45. The van der Waals surface area contributed by atoms with E-state index < -0.39 is 0 Å². The molecule has 1 rings (SSSR count). The van der Waals surface area contributed by atoms with Crippen molar-refractivity contribution in [3.05, 3.63) is 0 Å². The normalized spacial score (nSPS) is 16.3. The summed E-state index contributed by atoms with van der Waals surface area (Å²) < 4.78 is 0. The van der Waals surface area contributed by atoms with Crippen molar-refractivity contribution in [1.29, 1.82) is 0 Å². The van der Waals surface area contributed by atoms with Crippen molar-refractivity contribution in [2.24, 2.45) is 11.8 Å². The van der Waals surface area contributed by atoms with Crippen molar-refractivity contribution in [2.45, 2.75) is 53.4 Å². The van der Waals surface area contributed by atoms with Gasteiger partial charge in [-0.25, -0.2) is 0 Å². The summed E-state index contributed by atoms with van der Waals surface area (Å²) in [5.74, 6) is 1.80. The second-order valence-corrected chi connectivity index (χ2v) is 7.06. The molecule has 0 unspecified atom stereocenters. The van der Waals surface area contributed by atoms with Gasteiger partial charge in [-0.2, -0.15) is 0 Å². The molecule has 0 aromatic rings. The van der Waals surface area contributed by atoms with E-state index in [1.54, 1.807) is 0 Å². The lowest BCUT2D eigenvalue weighted by molar-refractivity contribution is -0.135. The van der Waals surface area contributed by atoms with E-state index in [-0.39, 0.29) is 11.7 Å². The highest BCUT2D eigenvalue weighted by Gasteiger charge is 2.22. The van der Waals surface area contributed by atoms with Gasteiger partial charge >= 0.3 is 0 Å². The highest BCUT2D eigenvalue weighted by molar-refractivity contribution is 5.84. The molecule has 0 N–H and O–H groups in total. The maximum Gasteiger partial charge on any atom is 0.236 e. The second-order valence-electron chi connectivity index (χ2n) is 7.06. The second kappa shape index (κ2) is 9.19. The lowest BCUT2D eigenvalue weighted by atomic mass is 10.1. The van der Waals surface area contributed by atoms with E-state index in [9.17, 15) is 9.59 Å². The lowest BCUT2D eigenvalue weighted by Gasteiger charge is -2.30. The number of likely N-dealkylation sites (tertiary alicyclic amines) is 1. The average molecular weight is 296 g/mol. The summed E-state index contributed by atoms with van der Waals surface area (Å²) in [5, 5.41) is 0. The Morgan fingerprint density at radius 2 is 1.52 bits per heavy atom. The van der Waals surface area contributed by atoms with Crippen molar-refractivity contribution in [1.82, 2.24) is 9.80 Å². The molecule has 1 amide bonds. The third-order valence-corrected chi connectivity index (χ3v) is 4.08. The topological polar surface area (TPSA) is 40.6 Å². The van der Waals surface area contributed by atoms with Crippen LogP contribution in [-0.4, -0.2) is 54.2 Å². The Balaban J connectivity index is 2.45. The van der Waals surface area contributed by atoms with Gasteiger partial charge in [0.15, 0.2) is 0 Å². The number of rotatable bonds is 8. The van der Waals surface area contributed by atoms with Gasteiger partial charge in [-0.05, 0) is 37.8 Å². The quantitative estimate of drug-likeness (QED) is 0.691. The van der Waals surface area contributed by atoms with Crippen molar-refractivity contribution in [3.63, 3.8) is 0 Å². The monoisotopic (exact) mass is 296 g/mol. The predicted octanol–water partition coefficient (Wildman–Crippen LogP) is 2.57. The zero-order chi connectivity index (χ0) is 15.8. The summed E-state index contributed by atoms with van der Waals surface area (Å²) in [4.78, 5) is 27.8.